The lowest BCUT2D eigenvalue weighted by Gasteiger charge is -2.22. The van der Waals surface area contributed by atoms with E-state index in [4.69, 9.17) is 4.74 Å². The van der Waals surface area contributed by atoms with Crippen LogP contribution in [0.4, 0.5) is 0 Å². The topological polar surface area (TPSA) is 66.8 Å². The monoisotopic (exact) mass is 200 g/mol. The van der Waals surface area contributed by atoms with E-state index in [0.29, 0.717) is 18.4 Å². The first-order chi connectivity index (χ1) is 6.50. The molecular formula is C10H16O4. The summed E-state index contributed by atoms with van der Waals surface area (Å²) >= 11 is 0. The molecule has 14 heavy (non-hydrogen) atoms. The predicted octanol–water partition coefficient (Wildman–Crippen LogP) is 1.30. The van der Waals surface area contributed by atoms with Crippen LogP contribution in [0.3, 0.4) is 0 Å². The molecule has 0 saturated carbocycles. The van der Waals surface area contributed by atoms with Gasteiger partial charge in [-0.25, -0.2) is 4.79 Å². The van der Waals surface area contributed by atoms with Gasteiger partial charge in [0.05, 0.1) is 12.4 Å². The summed E-state index contributed by atoms with van der Waals surface area (Å²) in [4.78, 5) is 11.4. The summed E-state index contributed by atoms with van der Waals surface area (Å²) in [6, 6.07) is 0. The van der Waals surface area contributed by atoms with Crippen molar-refractivity contribution in [1.82, 2.24) is 0 Å². The van der Waals surface area contributed by atoms with Crippen LogP contribution in [0.2, 0.25) is 0 Å². The molecule has 1 rings (SSSR count). The molecule has 0 aromatic heterocycles. The van der Waals surface area contributed by atoms with Crippen molar-refractivity contribution < 1.29 is 19.7 Å². The van der Waals surface area contributed by atoms with Crippen LogP contribution in [0.1, 0.15) is 33.1 Å². The van der Waals surface area contributed by atoms with E-state index in [1.165, 1.54) is 6.92 Å². The van der Waals surface area contributed by atoms with Crippen molar-refractivity contribution in [2.75, 3.05) is 6.61 Å². The first-order valence-electron chi connectivity index (χ1n) is 4.81. The molecule has 0 bridgehead atoms. The Morgan fingerprint density at radius 2 is 2.21 bits per heavy atom. The summed E-state index contributed by atoms with van der Waals surface area (Å²) < 4.78 is 4.73. The fourth-order valence-electron chi connectivity index (χ4n) is 1.65. The lowest BCUT2D eigenvalue weighted by molar-refractivity contribution is -0.159. The second kappa shape index (κ2) is 4.00. The normalized spacial score (nSPS) is 20.8. The Kier molecular flexibility index (Phi) is 3.16. The van der Waals surface area contributed by atoms with Crippen LogP contribution in [-0.2, 0) is 9.53 Å². The zero-order valence-corrected chi connectivity index (χ0v) is 8.54. The number of aliphatic hydroxyl groups is 2. The van der Waals surface area contributed by atoms with Crippen molar-refractivity contribution in [3.05, 3.63) is 11.3 Å². The summed E-state index contributed by atoms with van der Waals surface area (Å²) in [5.41, 5.74) is -1.27. The summed E-state index contributed by atoms with van der Waals surface area (Å²) in [6.45, 7) is 3.27. The number of ether oxygens (including phenoxy) is 1. The maximum absolute atomic E-state index is 11.4. The fraction of sp³-hybridized carbons (Fsp3) is 0.700. The molecule has 0 aromatic rings. The first-order valence-corrected chi connectivity index (χ1v) is 4.81. The fourth-order valence-corrected chi connectivity index (χ4v) is 1.65. The molecule has 1 atom stereocenters. The molecule has 1 unspecified atom stereocenters. The zero-order valence-electron chi connectivity index (χ0n) is 8.54. The van der Waals surface area contributed by atoms with Crippen molar-refractivity contribution in [2.24, 2.45) is 0 Å². The lowest BCUT2D eigenvalue weighted by Crippen LogP contribution is -2.39. The van der Waals surface area contributed by atoms with Crippen molar-refractivity contribution in [3.63, 3.8) is 0 Å². The van der Waals surface area contributed by atoms with E-state index < -0.39 is 11.6 Å². The molecular weight excluding hydrogens is 184 g/mol. The number of allylic oxidation sites excluding steroid dienone is 1. The Balaban J connectivity index is 2.83. The molecule has 1 aliphatic carbocycles. The van der Waals surface area contributed by atoms with E-state index in [9.17, 15) is 15.0 Å². The van der Waals surface area contributed by atoms with Gasteiger partial charge in [-0.2, -0.15) is 0 Å². The average Bonchev–Trinajstić information content (AvgIpc) is 2.52. The largest absolute Gasteiger partial charge is 0.512 e. The number of aliphatic hydroxyl groups excluding tert-OH is 1. The van der Waals surface area contributed by atoms with Gasteiger partial charge in [-0.05, 0) is 26.7 Å². The molecule has 2 N–H and O–H groups in total. The van der Waals surface area contributed by atoms with Crippen molar-refractivity contribution in [3.8, 4) is 0 Å². The van der Waals surface area contributed by atoms with Crippen molar-refractivity contribution in [1.29, 1.82) is 0 Å². The van der Waals surface area contributed by atoms with E-state index in [1.807, 2.05) is 0 Å². The van der Waals surface area contributed by atoms with E-state index in [-0.39, 0.29) is 12.4 Å². The van der Waals surface area contributed by atoms with Crippen LogP contribution in [-0.4, -0.2) is 28.4 Å². The second-order valence-corrected chi connectivity index (χ2v) is 3.57. The van der Waals surface area contributed by atoms with Crippen LogP contribution >= 0.6 is 0 Å². The summed E-state index contributed by atoms with van der Waals surface area (Å²) in [7, 11) is 0. The summed E-state index contributed by atoms with van der Waals surface area (Å²) in [6.07, 6.45) is 1.86. The van der Waals surface area contributed by atoms with Crippen LogP contribution < -0.4 is 0 Å². The van der Waals surface area contributed by atoms with E-state index in [0.717, 1.165) is 6.42 Å². The van der Waals surface area contributed by atoms with Crippen LogP contribution in [0.15, 0.2) is 11.3 Å². The van der Waals surface area contributed by atoms with Crippen LogP contribution in [0.5, 0.6) is 0 Å². The van der Waals surface area contributed by atoms with Crippen LogP contribution in [0, 0.1) is 0 Å². The van der Waals surface area contributed by atoms with E-state index in [1.54, 1.807) is 6.92 Å². The van der Waals surface area contributed by atoms with Crippen LogP contribution in [0.25, 0.3) is 0 Å². The highest BCUT2D eigenvalue weighted by Gasteiger charge is 2.39. The molecule has 0 heterocycles. The minimum atomic E-state index is -1.67. The molecule has 0 spiro atoms. The van der Waals surface area contributed by atoms with Crippen molar-refractivity contribution in [2.45, 2.75) is 38.7 Å². The minimum absolute atomic E-state index is 0.128. The smallest absolute Gasteiger partial charge is 0.342 e. The Bertz CT molecular complexity index is 265. The summed E-state index contributed by atoms with van der Waals surface area (Å²) in [5.74, 6) is -0.563. The molecule has 0 fully saturated rings. The SMILES string of the molecule is CCOC(=O)C(C)(O)C1=C(O)CCC1. The Morgan fingerprint density at radius 3 is 2.64 bits per heavy atom. The van der Waals surface area contributed by atoms with Gasteiger partial charge >= 0.3 is 5.97 Å². The van der Waals surface area contributed by atoms with Gasteiger partial charge in [-0.15, -0.1) is 0 Å². The average molecular weight is 200 g/mol. The molecule has 4 heteroatoms. The highest BCUT2D eigenvalue weighted by atomic mass is 16.5. The van der Waals surface area contributed by atoms with Gasteiger partial charge < -0.3 is 14.9 Å². The first kappa shape index (κ1) is 11.0. The molecule has 80 valence electrons. The number of hydrogen-bond acceptors (Lipinski definition) is 4. The maximum Gasteiger partial charge on any atom is 0.342 e. The predicted molar refractivity (Wildman–Crippen MR) is 50.8 cm³/mol. The number of rotatable bonds is 3. The van der Waals surface area contributed by atoms with Gasteiger partial charge in [-0.3, -0.25) is 0 Å². The van der Waals surface area contributed by atoms with Gasteiger partial charge in [0.2, 0.25) is 0 Å². The highest BCUT2D eigenvalue weighted by molar-refractivity contribution is 5.83. The third kappa shape index (κ3) is 1.90. The molecule has 0 radical (unpaired) electrons. The molecule has 0 amide bonds. The molecule has 4 nitrogen and oxygen atoms in total. The second-order valence-electron chi connectivity index (χ2n) is 3.57. The quantitative estimate of drug-likeness (QED) is 0.674. The number of esters is 1. The van der Waals surface area contributed by atoms with Crippen molar-refractivity contribution >= 4 is 5.97 Å². The third-order valence-electron chi connectivity index (χ3n) is 2.45. The Labute approximate surface area is 83.2 Å². The number of carbonyl (C=O) groups excluding carboxylic acids is 1. The number of hydrogen-bond donors (Lipinski definition) is 2. The minimum Gasteiger partial charge on any atom is -0.512 e. The van der Waals surface area contributed by atoms with Gasteiger partial charge in [0.25, 0.3) is 0 Å². The maximum atomic E-state index is 11.4. The summed E-state index contributed by atoms with van der Waals surface area (Å²) in [5, 5.41) is 19.3. The zero-order chi connectivity index (χ0) is 10.8. The molecule has 0 saturated heterocycles. The molecule has 0 aromatic carbocycles. The number of carbonyl (C=O) groups is 1. The van der Waals surface area contributed by atoms with Gasteiger partial charge in [0, 0.05) is 12.0 Å². The van der Waals surface area contributed by atoms with Gasteiger partial charge in [0.15, 0.2) is 5.60 Å². The van der Waals surface area contributed by atoms with E-state index in [2.05, 4.69) is 0 Å². The highest BCUT2D eigenvalue weighted by Crippen LogP contribution is 2.33. The lowest BCUT2D eigenvalue weighted by atomic mass is 9.95. The van der Waals surface area contributed by atoms with Gasteiger partial charge in [0.1, 0.15) is 0 Å². The molecule has 1 aliphatic rings. The third-order valence-corrected chi connectivity index (χ3v) is 2.45. The van der Waals surface area contributed by atoms with E-state index >= 15 is 0 Å². The Morgan fingerprint density at radius 1 is 1.57 bits per heavy atom. The Hall–Kier alpha value is -1.03. The van der Waals surface area contributed by atoms with Gasteiger partial charge in [-0.1, -0.05) is 0 Å². The standard InChI is InChI=1S/C10H16O4/c1-3-14-9(12)10(2,13)7-5-4-6-8(7)11/h11,13H,3-6H2,1-2H3. The molecule has 0 aliphatic heterocycles.